The minimum atomic E-state index is -3.60. The highest BCUT2D eigenvalue weighted by Gasteiger charge is 2.21. The van der Waals surface area contributed by atoms with E-state index in [1.165, 1.54) is 17.5 Å². The van der Waals surface area contributed by atoms with Crippen molar-refractivity contribution in [1.82, 2.24) is 25.2 Å². The zero-order valence-corrected chi connectivity index (χ0v) is 13.6. The van der Waals surface area contributed by atoms with Crippen molar-refractivity contribution in [2.75, 3.05) is 13.1 Å². The van der Waals surface area contributed by atoms with Crippen molar-refractivity contribution >= 4 is 21.4 Å². The Bertz CT molecular complexity index is 651. The number of hydrogen-bond donors (Lipinski definition) is 3. The molecular weight excluding hydrogens is 310 g/mol. The number of aromatic nitrogens is 3. The molecule has 0 aliphatic heterocycles. The Morgan fingerprint density at radius 2 is 2.29 bits per heavy atom. The number of nitrogens with zero attached hydrogens (tertiary/aromatic N) is 2. The van der Waals surface area contributed by atoms with Gasteiger partial charge in [0, 0.05) is 36.1 Å². The standard InChI is InChI=1S/C12H19N5O2S2/c1-3-13-7-10-8-15-17-12(10)21(18,19)16-6-9(2)11-14-4-5-20-11/h4-5,8-9,13,16H,3,6-7H2,1-2H3,(H,15,17). The molecule has 1 atom stereocenters. The third-order valence-electron chi connectivity index (χ3n) is 2.96. The van der Waals surface area contributed by atoms with Gasteiger partial charge in [0.15, 0.2) is 5.03 Å². The lowest BCUT2D eigenvalue weighted by Gasteiger charge is -2.11. The molecule has 2 heterocycles. The van der Waals surface area contributed by atoms with Gasteiger partial charge in [-0.3, -0.25) is 5.10 Å². The SMILES string of the molecule is CCNCc1cn[nH]c1S(=O)(=O)NCC(C)c1nccs1. The Hall–Kier alpha value is -1.29. The van der Waals surface area contributed by atoms with Gasteiger partial charge in [0.05, 0.1) is 11.2 Å². The Morgan fingerprint density at radius 1 is 1.48 bits per heavy atom. The summed E-state index contributed by atoms with van der Waals surface area (Å²) in [6.45, 7) is 5.43. The molecule has 21 heavy (non-hydrogen) atoms. The monoisotopic (exact) mass is 329 g/mol. The van der Waals surface area contributed by atoms with Crippen LogP contribution in [0.5, 0.6) is 0 Å². The fraction of sp³-hybridized carbons (Fsp3) is 0.500. The van der Waals surface area contributed by atoms with Crippen molar-refractivity contribution in [3.63, 3.8) is 0 Å². The van der Waals surface area contributed by atoms with Crippen LogP contribution in [0.4, 0.5) is 0 Å². The van der Waals surface area contributed by atoms with Crippen LogP contribution in [0.2, 0.25) is 0 Å². The number of rotatable bonds is 8. The molecular formula is C12H19N5O2S2. The van der Waals surface area contributed by atoms with Gasteiger partial charge in [-0.25, -0.2) is 18.1 Å². The second-order valence-electron chi connectivity index (χ2n) is 4.63. The van der Waals surface area contributed by atoms with Crippen LogP contribution in [0.1, 0.15) is 30.3 Å². The topological polar surface area (TPSA) is 99.8 Å². The van der Waals surface area contributed by atoms with Gasteiger partial charge in [-0.1, -0.05) is 13.8 Å². The van der Waals surface area contributed by atoms with Gasteiger partial charge in [0.25, 0.3) is 10.0 Å². The van der Waals surface area contributed by atoms with Gasteiger partial charge in [0.2, 0.25) is 0 Å². The van der Waals surface area contributed by atoms with Gasteiger partial charge >= 0.3 is 0 Å². The van der Waals surface area contributed by atoms with E-state index < -0.39 is 10.0 Å². The smallest absolute Gasteiger partial charge is 0.257 e. The molecule has 2 rings (SSSR count). The highest BCUT2D eigenvalue weighted by atomic mass is 32.2. The normalized spacial score (nSPS) is 13.4. The molecule has 0 radical (unpaired) electrons. The summed E-state index contributed by atoms with van der Waals surface area (Å²) in [5, 5.41) is 12.4. The molecule has 2 aromatic heterocycles. The first kappa shape index (κ1) is 16.1. The second-order valence-corrected chi connectivity index (χ2v) is 7.26. The van der Waals surface area contributed by atoms with E-state index in [-0.39, 0.29) is 10.9 Å². The molecule has 3 N–H and O–H groups in total. The predicted octanol–water partition coefficient (Wildman–Crippen LogP) is 1.06. The molecule has 0 fully saturated rings. The number of hydrogen-bond acceptors (Lipinski definition) is 6. The first-order chi connectivity index (χ1) is 10.0. The molecule has 7 nitrogen and oxygen atoms in total. The summed E-state index contributed by atoms with van der Waals surface area (Å²) in [5.41, 5.74) is 0.631. The van der Waals surface area contributed by atoms with E-state index in [0.29, 0.717) is 18.7 Å². The van der Waals surface area contributed by atoms with Gasteiger partial charge in [0.1, 0.15) is 0 Å². The molecule has 0 saturated carbocycles. The lowest BCUT2D eigenvalue weighted by Crippen LogP contribution is -2.29. The maximum absolute atomic E-state index is 12.3. The fourth-order valence-electron chi connectivity index (χ4n) is 1.79. The Labute approximate surface area is 128 Å². The van der Waals surface area contributed by atoms with Crippen molar-refractivity contribution < 1.29 is 8.42 Å². The minimum absolute atomic E-state index is 0.0277. The summed E-state index contributed by atoms with van der Waals surface area (Å²) >= 11 is 1.52. The first-order valence-corrected chi connectivity index (χ1v) is 9.03. The van der Waals surface area contributed by atoms with E-state index in [2.05, 4.69) is 25.2 Å². The molecule has 1 unspecified atom stereocenters. The molecule has 0 aromatic carbocycles. The van der Waals surface area contributed by atoms with E-state index in [1.54, 1.807) is 6.20 Å². The van der Waals surface area contributed by atoms with Crippen molar-refractivity contribution in [3.05, 3.63) is 28.3 Å². The average Bonchev–Trinajstić information content (AvgIpc) is 3.13. The van der Waals surface area contributed by atoms with E-state index in [4.69, 9.17) is 0 Å². The molecule has 9 heteroatoms. The van der Waals surface area contributed by atoms with Crippen LogP contribution in [0.15, 0.2) is 22.8 Å². The Kier molecular flexibility index (Phi) is 5.45. The van der Waals surface area contributed by atoms with E-state index >= 15 is 0 Å². The molecule has 0 spiro atoms. The largest absolute Gasteiger partial charge is 0.313 e. The third kappa shape index (κ3) is 4.10. The van der Waals surface area contributed by atoms with Crippen LogP contribution >= 0.6 is 11.3 Å². The lowest BCUT2D eigenvalue weighted by molar-refractivity contribution is 0.568. The highest BCUT2D eigenvalue weighted by Crippen LogP contribution is 2.18. The zero-order chi connectivity index (χ0) is 15.3. The zero-order valence-electron chi connectivity index (χ0n) is 12.0. The number of sulfonamides is 1. The van der Waals surface area contributed by atoms with Gasteiger partial charge in [-0.05, 0) is 6.54 Å². The van der Waals surface area contributed by atoms with Gasteiger partial charge < -0.3 is 5.32 Å². The average molecular weight is 329 g/mol. The third-order valence-corrected chi connectivity index (χ3v) is 5.41. The Balaban J connectivity index is 2.03. The molecule has 0 amide bonds. The van der Waals surface area contributed by atoms with Crippen LogP contribution in [0.25, 0.3) is 0 Å². The van der Waals surface area contributed by atoms with Crippen LogP contribution in [0, 0.1) is 0 Å². The summed E-state index contributed by atoms with van der Waals surface area (Å²) in [4.78, 5) is 4.19. The van der Waals surface area contributed by atoms with E-state index in [0.717, 1.165) is 11.6 Å². The van der Waals surface area contributed by atoms with Gasteiger partial charge in [-0.15, -0.1) is 11.3 Å². The molecule has 0 aliphatic carbocycles. The van der Waals surface area contributed by atoms with Crippen molar-refractivity contribution in [3.8, 4) is 0 Å². The second kappa shape index (κ2) is 7.12. The maximum Gasteiger partial charge on any atom is 0.257 e. The molecule has 0 bridgehead atoms. The van der Waals surface area contributed by atoms with Crippen LogP contribution in [-0.4, -0.2) is 36.7 Å². The number of aromatic amines is 1. The predicted molar refractivity (Wildman–Crippen MR) is 81.7 cm³/mol. The molecule has 116 valence electrons. The first-order valence-electron chi connectivity index (χ1n) is 6.66. The number of H-pyrrole nitrogens is 1. The van der Waals surface area contributed by atoms with E-state index in [1.807, 2.05) is 19.2 Å². The van der Waals surface area contributed by atoms with Crippen molar-refractivity contribution in [2.45, 2.75) is 31.3 Å². The lowest BCUT2D eigenvalue weighted by atomic mass is 10.2. The van der Waals surface area contributed by atoms with E-state index in [9.17, 15) is 8.42 Å². The Morgan fingerprint density at radius 3 is 2.95 bits per heavy atom. The van der Waals surface area contributed by atoms with Crippen LogP contribution in [0.3, 0.4) is 0 Å². The van der Waals surface area contributed by atoms with Crippen molar-refractivity contribution in [2.24, 2.45) is 0 Å². The minimum Gasteiger partial charge on any atom is -0.313 e. The maximum atomic E-state index is 12.3. The quantitative estimate of drug-likeness (QED) is 0.672. The summed E-state index contributed by atoms with van der Waals surface area (Å²) in [5.74, 6) is 0.0277. The van der Waals surface area contributed by atoms with Crippen LogP contribution < -0.4 is 10.0 Å². The van der Waals surface area contributed by atoms with Gasteiger partial charge in [-0.2, -0.15) is 5.10 Å². The summed E-state index contributed by atoms with van der Waals surface area (Å²) in [6.07, 6.45) is 3.25. The fourth-order valence-corrected chi connectivity index (χ4v) is 3.74. The summed E-state index contributed by atoms with van der Waals surface area (Å²) in [7, 11) is -3.60. The molecule has 0 aliphatic rings. The number of nitrogens with one attached hydrogen (secondary N) is 3. The van der Waals surface area contributed by atoms with Crippen molar-refractivity contribution in [1.29, 1.82) is 0 Å². The highest BCUT2D eigenvalue weighted by molar-refractivity contribution is 7.89. The number of thiazole rings is 1. The summed E-state index contributed by atoms with van der Waals surface area (Å²) in [6, 6.07) is 0. The summed E-state index contributed by atoms with van der Waals surface area (Å²) < 4.78 is 27.3. The van der Waals surface area contributed by atoms with Crippen LogP contribution in [-0.2, 0) is 16.6 Å². The molecule has 2 aromatic rings. The molecule has 0 saturated heterocycles.